The van der Waals surface area contributed by atoms with Gasteiger partial charge in [-0.1, -0.05) is 12.1 Å². The van der Waals surface area contributed by atoms with Crippen molar-refractivity contribution in [2.45, 2.75) is 12.5 Å². The predicted octanol–water partition coefficient (Wildman–Crippen LogP) is 2.62. The number of fused-ring (bicyclic) bond motifs is 1. The molecule has 0 bridgehead atoms. The number of hydrogen-bond donors (Lipinski definition) is 2. The van der Waals surface area contributed by atoms with Crippen molar-refractivity contribution in [3.05, 3.63) is 59.2 Å². The molecule has 2 heterocycles. The van der Waals surface area contributed by atoms with Crippen LogP contribution in [-0.2, 0) is 14.3 Å². The minimum absolute atomic E-state index is 0.000640. The van der Waals surface area contributed by atoms with Crippen LogP contribution >= 0.6 is 0 Å². The van der Waals surface area contributed by atoms with Crippen LogP contribution in [0.3, 0.4) is 0 Å². The van der Waals surface area contributed by atoms with Crippen molar-refractivity contribution >= 4 is 17.4 Å². The maximum atomic E-state index is 13.0. The van der Waals surface area contributed by atoms with Crippen molar-refractivity contribution < 1.29 is 34.0 Å². The SMILES string of the molecule is COCCCN1C(=O)C(=O)C(=C(O)c2ccc3c(c2)OCCO3)[C@@H]1c1cccc(O)c1. The molecule has 0 unspecified atom stereocenters. The minimum Gasteiger partial charge on any atom is -0.508 e. The molecule has 0 saturated carbocycles. The van der Waals surface area contributed by atoms with E-state index in [2.05, 4.69) is 0 Å². The highest BCUT2D eigenvalue weighted by molar-refractivity contribution is 6.46. The highest BCUT2D eigenvalue weighted by atomic mass is 16.6. The fourth-order valence-corrected chi connectivity index (χ4v) is 3.88. The lowest BCUT2D eigenvalue weighted by molar-refractivity contribution is -0.140. The molecule has 0 aliphatic carbocycles. The molecule has 2 aromatic carbocycles. The highest BCUT2D eigenvalue weighted by Crippen LogP contribution is 2.41. The lowest BCUT2D eigenvalue weighted by Gasteiger charge is -2.25. The van der Waals surface area contributed by atoms with Gasteiger partial charge in [0.1, 0.15) is 24.7 Å². The summed E-state index contributed by atoms with van der Waals surface area (Å²) in [5.41, 5.74) is 0.824. The Morgan fingerprint density at radius 3 is 2.65 bits per heavy atom. The third-order valence-corrected chi connectivity index (χ3v) is 5.29. The zero-order valence-corrected chi connectivity index (χ0v) is 17.0. The third kappa shape index (κ3) is 3.94. The van der Waals surface area contributed by atoms with Crippen molar-refractivity contribution in [2.75, 3.05) is 33.5 Å². The Morgan fingerprint density at radius 1 is 1.13 bits per heavy atom. The lowest BCUT2D eigenvalue weighted by atomic mass is 9.95. The first-order valence-corrected chi connectivity index (χ1v) is 9.97. The molecule has 0 spiro atoms. The summed E-state index contributed by atoms with van der Waals surface area (Å²) in [6, 6.07) is 10.3. The summed E-state index contributed by atoms with van der Waals surface area (Å²) in [4.78, 5) is 27.2. The molecular weight excluding hydrogens is 402 g/mol. The molecule has 1 saturated heterocycles. The first kappa shape index (κ1) is 20.7. The zero-order chi connectivity index (χ0) is 22.0. The molecule has 31 heavy (non-hydrogen) atoms. The number of phenolic OH excluding ortho intramolecular Hbond substituents is 1. The molecule has 1 amide bonds. The summed E-state index contributed by atoms with van der Waals surface area (Å²) >= 11 is 0. The second-order valence-corrected chi connectivity index (χ2v) is 7.29. The Labute approximate surface area is 179 Å². The van der Waals surface area contributed by atoms with Gasteiger partial charge in [0.25, 0.3) is 11.7 Å². The fourth-order valence-electron chi connectivity index (χ4n) is 3.88. The van der Waals surface area contributed by atoms with Crippen molar-refractivity contribution in [3.63, 3.8) is 0 Å². The Hall–Kier alpha value is -3.52. The average Bonchev–Trinajstić information content (AvgIpc) is 3.03. The molecule has 8 nitrogen and oxygen atoms in total. The second-order valence-electron chi connectivity index (χ2n) is 7.29. The van der Waals surface area contributed by atoms with Gasteiger partial charge in [-0.3, -0.25) is 9.59 Å². The summed E-state index contributed by atoms with van der Waals surface area (Å²) in [5.74, 6) is -0.787. The first-order chi connectivity index (χ1) is 15.0. The highest BCUT2D eigenvalue weighted by Gasteiger charge is 2.46. The van der Waals surface area contributed by atoms with Crippen LogP contribution in [0.5, 0.6) is 17.2 Å². The number of nitrogens with zero attached hydrogens (tertiary/aromatic N) is 1. The van der Waals surface area contributed by atoms with Gasteiger partial charge in [0.15, 0.2) is 11.5 Å². The number of benzene rings is 2. The van der Waals surface area contributed by atoms with E-state index in [0.717, 1.165) is 0 Å². The summed E-state index contributed by atoms with van der Waals surface area (Å²) in [7, 11) is 1.56. The van der Waals surface area contributed by atoms with E-state index in [0.29, 0.717) is 48.9 Å². The molecule has 2 aromatic rings. The summed E-state index contributed by atoms with van der Waals surface area (Å²) in [6.07, 6.45) is 0.517. The Morgan fingerprint density at radius 2 is 1.90 bits per heavy atom. The number of ketones is 1. The van der Waals surface area contributed by atoms with Gasteiger partial charge >= 0.3 is 0 Å². The van der Waals surface area contributed by atoms with E-state index in [1.807, 2.05) is 0 Å². The molecule has 0 radical (unpaired) electrons. The molecule has 4 rings (SSSR count). The maximum absolute atomic E-state index is 13.0. The standard InChI is InChI=1S/C23H23NO7/c1-29-9-3-8-24-20(14-4-2-5-16(25)12-14)19(22(27)23(24)28)21(26)15-6-7-17-18(13-15)31-11-10-30-17/h2,4-7,12-13,20,25-26H,3,8-11H2,1H3/t20-/m0/s1. The normalized spacial score (nSPS) is 19.6. The predicted molar refractivity (Wildman–Crippen MR) is 111 cm³/mol. The van der Waals surface area contributed by atoms with Gasteiger partial charge in [-0.2, -0.15) is 0 Å². The van der Waals surface area contributed by atoms with Crippen molar-refractivity contribution in [3.8, 4) is 17.2 Å². The van der Waals surface area contributed by atoms with E-state index in [1.54, 1.807) is 37.4 Å². The molecule has 1 fully saturated rings. The van der Waals surface area contributed by atoms with Gasteiger partial charge in [-0.15, -0.1) is 0 Å². The number of methoxy groups -OCH3 is 1. The Kier molecular flexibility index (Phi) is 5.81. The van der Waals surface area contributed by atoms with Crippen LogP contribution in [0.4, 0.5) is 0 Å². The number of aromatic hydroxyl groups is 1. The van der Waals surface area contributed by atoms with Crippen LogP contribution < -0.4 is 9.47 Å². The fraction of sp³-hybridized carbons (Fsp3) is 0.304. The van der Waals surface area contributed by atoms with E-state index in [1.165, 1.54) is 17.0 Å². The zero-order valence-electron chi connectivity index (χ0n) is 17.0. The number of amides is 1. The van der Waals surface area contributed by atoms with Gasteiger partial charge in [-0.25, -0.2) is 0 Å². The van der Waals surface area contributed by atoms with Crippen LogP contribution in [-0.4, -0.2) is 60.3 Å². The molecule has 2 aliphatic heterocycles. The smallest absolute Gasteiger partial charge is 0.295 e. The lowest BCUT2D eigenvalue weighted by Crippen LogP contribution is -2.31. The number of carbonyl (C=O) groups excluding carboxylic acids is 2. The average molecular weight is 425 g/mol. The number of Topliss-reactive ketones (excluding diaryl/α,β-unsaturated/α-hetero) is 1. The van der Waals surface area contributed by atoms with Crippen LogP contribution in [0.1, 0.15) is 23.6 Å². The quantitative estimate of drug-likeness (QED) is 0.317. The number of aliphatic hydroxyl groups is 1. The minimum atomic E-state index is -0.836. The third-order valence-electron chi connectivity index (χ3n) is 5.29. The van der Waals surface area contributed by atoms with Crippen molar-refractivity contribution in [2.24, 2.45) is 0 Å². The number of aliphatic hydroxyl groups excluding tert-OH is 1. The molecule has 8 heteroatoms. The molecule has 1 atom stereocenters. The van der Waals surface area contributed by atoms with E-state index in [9.17, 15) is 19.8 Å². The van der Waals surface area contributed by atoms with Crippen LogP contribution in [0.15, 0.2) is 48.0 Å². The molecule has 0 aromatic heterocycles. The van der Waals surface area contributed by atoms with Crippen LogP contribution in [0.25, 0.3) is 5.76 Å². The van der Waals surface area contributed by atoms with Gasteiger partial charge in [-0.05, 0) is 42.3 Å². The van der Waals surface area contributed by atoms with Crippen LogP contribution in [0, 0.1) is 0 Å². The van der Waals surface area contributed by atoms with E-state index >= 15 is 0 Å². The number of carbonyl (C=O) groups is 2. The van der Waals surface area contributed by atoms with Gasteiger partial charge in [0.05, 0.1) is 11.6 Å². The van der Waals surface area contributed by atoms with Gasteiger partial charge in [0.2, 0.25) is 0 Å². The van der Waals surface area contributed by atoms with Gasteiger partial charge < -0.3 is 29.3 Å². The van der Waals surface area contributed by atoms with E-state index in [4.69, 9.17) is 14.2 Å². The number of ether oxygens (including phenoxy) is 3. The van der Waals surface area contributed by atoms with E-state index in [-0.39, 0.29) is 23.6 Å². The molecule has 2 aliphatic rings. The Bertz CT molecular complexity index is 1050. The van der Waals surface area contributed by atoms with E-state index < -0.39 is 17.7 Å². The number of hydrogen-bond acceptors (Lipinski definition) is 7. The first-order valence-electron chi connectivity index (χ1n) is 9.97. The molecular formula is C23H23NO7. The largest absolute Gasteiger partial charge is 0.508 e. The monoisotopic (exact) mass is 425 g/mol. The molecule has 162 valence electrons. The number of likely N-dealkylation sites (tertiary alicyclic amines) is 1. The second kappa shape index (κ2) is 8.69. The summed E-state index contributed by atoms with van der Waals surface area (Å²) < 4.78 is 16.1. The molecule has 2 N–H and O–H groups in total. The number of phenols is 1. The van der Waals surface area contributed by atoms with Crippen molar-refractivity contribution in [1.29, 1.82) is 0 Å². The summed E-state index contributed by atoms with van der Waals surface area (Å²) in [5, 5.41) is 21.1. The summed E-state index contributed by atoms with van der Waals surface area (Å²) in [6.45, 7) is 1.49. The number of rotatable bonds is 6. The maximum Gasteiger partial charge on any atom is 0.295 e. The van der Waals surface area contributed by atoms with Gasteiger partial charge in [0, 0.05) is 25.8 Å². The topological polar surface area (TPSA) is 106 Å². The van der Waals surface area contributed by atoms with Crippen molar-refractivity contribution in [1.82, 2.24) is 4.90 Å². The Balaban J connectivity index is 1.81. The van der Waals surface area contributed by atoms with Crippen LogP contribution in [0.2, 0.25) is 0 Å².